The van der Waals surface area contributed by atoms with E-state index in [9.17, 15) is 15.0 Å². The average Bonchev–Trinajstić information content (AvgIpc) is 2.44. The van der Waals surface area contributed by atoms with Gasteiger partial charge in [0.25, 0.3) is 5.91 Å². The van der Waals surface area contributed by atoms with Crippen molar-refractivity contribution in [3.05, 3.63) is 23.8 Å². The van der Waals surface area contributed by atoms with E-state index < -0.39 is 0 Å². The summed E-state index contributed by atoms with van der Waals surface area (Å²) in [5.74, 6) is -0.362. The summed E-state index contributed by atoms with van der Waals surface area (Å²) in [4.78, 5) is 16.3. The maximum Gasteiger partial charge on any atom is 0.254 e. The van der Waals surface area contributed by atoms with Crippen LogP contribution in [0.5, 0.6) is 11.5 Å². The molecule has 1 aliphatic rings. The molecular formula is C14H21N3O3. The van der Waals surface area contributed by atoms with Crippen LogP contribution in [0.25, 0.3) is 0 Å². The Morgan fingerprint density at radius 2 is 1.70 bits per heavy atom. The summed E-state index contributed by atoms with van der Waals surface area (Å²) >= 11 is 0. The van der Waals surface area contributed by atoms with Crippen LogP contribution in [0.1, 0.15) is 16.8 Å². The van der Waals surface area contributed by atoms with Crippen LogP contribution in [-0.2, 0) is 0 Å². The normalized spacial score (nSPS) is 16.4. The number of phenols is 2. The number of carbonyl (C=O) groups excluding carboxylic acids is 1. The largest absolute Gasteiger partial charge is 0.508 e. The van der Waals surface area contributed by atoms with E-state index in [4.69, 9.17) is 5.73 Å². The van der Waals surface area contributed by atoms with Crippen molar-refractivity contribution in [1.82, 2.24) is 9.80 Å². The van der Waals surface area contributed by atoms with E-state index in [1.807, 2.05) is 0 Å². The van der Waals surface area contributed by atoms with Gasteiger partial charge in [-0.2, -0.15) is 0 Å². The Bertz CT molecular complexity index is 450. The Balaban J connectivity index is 1.94. The molecule has 1 heterocycles. The number of nitrogens with two attached hydrogens (primary N) is 1. The van der Waals surface area contributed by atoms with E-state index in [0.717, 1.165) is 26.1 Å². The average molecular weight is 279 g/mol. The van der Waals surface area contributed by atoms with Crippen LogP contribution in [0.4, 0.5) is 0 Å². The van der Waals surface area contributed by atoms with Gasteiger partial charge in [0.05, 0.1) is 0 Å². The first-order chi connectivity index (χ1) is 9.60. The smallest absolute Gasteiger partial charge is 0.254 e. The number of nitrogens with zero attached hydrogens (tertiary/aromatic N) is 2. The van der Waals surface area contributed by atoms with Gasteiger partial charge in [0.1, 0.15) is 11.5 Å². The second-order valence-corrected chi connectivity index (χ2v) is 5.01. The molecule has 1 saturated heterocycles. The highest BCUT2D eigenvalue weighted by Gasteiger charge is 2.22. The fourth-order valence-electron chi connectivity index (χ4n) is 2.39. The summed E-state index contributed by atoms with van der Waals surface area (Å²) in [5, 5.41) is 18.9. The molecule has 110 valence electrons. The summed E-state index contributed by atoms with van der Waals surface area (Å²) in [5.41, 5.74) is 5.80. The fraction of sp³-hybridized carbons (Fsp3) is 0.500. The molecule has 0 unspecified atom stereocenters. The monoisotopic (exact) mass is 279 g/mol. The lowest BCUT2D eigenvalue weighted by molar-refractivity contribution is 0.0636. The Labute approximate surface area is 118 Å². The lowest BCUT2D eigenvalue weighted by atomic mass is 10.1. The van der Waals surface area contributed by atoms with Gasteiger partial charge < -0.3 is 20.8 Å². The highest BCUT2D eigenvalue weighted by atomic mass is 16.3. The Hall–Kier alpha value is -1.79. The molecule has 0 spiro atoms. The second kappa shape index (κ2) is 6.58. The van der Waals surface area contributed by atoms with E-state index >= 15 is 0 Å². The Kier molecular flexibility index (Phi) is 4.81. The number of piperazine rings is 1. The molecule has 1 amide bonds. The van der Waals surface area contributed by atoms with Crippen molar-refractivity contribution in [2.45, 2.75) is 6.42 Å². The van der Waals surface area contributed by atoms with Crippen LogP contribution >= 0.6 is 0 Å². The summed E-state index contributed by atoms with van der Waals surface area (Å²) in [6.45, 7) is 4.61. The van der Waals surface area contributed by atoms with Crippen molar-refractivity contribution < 1.29 is 15.0 Å². The van der Waals surface area contributed by atoms with Crippen LogP contribution in [0.3, 0.4) is 0 Å². The minimum Gasteiger partial charge on any atom is -0.508 e. The van der Waals surface area contributed by atoms with Gasteiger partial charge in [-0.25, -0.2) is 0 Å². The topological polar surface area (TPSA) is 90.0 Å². The van der Waals surface area contributed by atoms with Gasteiger partial charge in [-0.1, -0.05) is 0 Å². The van der Waals surface area contributed by atoms with E-state index in [-0.39, 0.29) is 17.4 Å². The third-order valence-corrected chi connectivity index (χ3v) is 3.49. The number of aromatic hydroxyl groups is 2. The standard InChI is InChI=1S/C14H21N3O3/c15-2-1-3-16-4-6-17(7-5-16)14(20)11-8-12(18)10-13(19)9-11/h8-10,18-19H,1-7,15H2. The van der Waals surface area contributed by atoms with Crippen LogP contribution in [0.15, 0.2) is 18.2 Å². The summed E-state index contributed by atoms with van der Waals surface area (Å²) in [6, 6.07) is 3.97. The minimum atomic E-state index is -0.158. The zero-order valence-corrected chi connectivity index (χ0v) is 11.5. The number of hydrogen-bond acceptors (Lipinski definition) is 5. The summed E-state index contributed by atoms with van der Waals surface area (Å²) < 4.78 is 0. The molecule has 1 aromatic carbocycles. The molecule has 0 atom stereocenters. The van der Waals surface area contributed by atoms with Crippen molar-refractivity contribution >= 4 is 5.91 Å². The van der Waals surface area contributed by atoms with E-state index in [0.29, 0.717) is 25.2 Å². The van der Waals surface area contributed by atoms with Gasteiger partial charge in [-0.15, -0.1) is 0 Å². The summed E-state index contributed by atoms with van der Waals surface area (Å²) in [7, 11) is 0. The number of benzene rings is 1. The molecule has 6 heteroatoms. The number of rotatable bonds is 4. The van der Waals surface area contributed by atoms with Gasteiger partial charge in [-0.3, -0.25) is 9.69 Å². The molecule has 6 nitrogen and oxygen atoms in total. The van der Waals surface area contributed by atoms with Gasteiger partial charge >= 0.3 is 0 Å². The van der Waals surface area contributed by atoms with Crippen LogP contribution in [0.2, 0.25) is 0 Å². The predicted molar refractivity (Wildman–Crippen MR) is 75.8 cm³/mol. The van der Waals surface area contributed by atoms with Crippen LogP contribution in [-0.4, -0.2) is 65.2 Å². The molecule has 1 fully saturated rings. The number of phenolic OH excluding ortho intramolecular Hbond substituents is 2. The molecule has 1 aromatic rings. The summed E-state index contributed by atoms with van der Waals surface area (Å²) in [6.07, 6.45) is 0.967. The second-order valence-electron chi connectivity index (χ2n) is 5.01. The maximum absolute atomic E-state index is 12.3. The van der Waals surface area contributed by atoms with Crippen LogP contribution in [0, 0.1) is 0 Å². The molecule has 0 saturated carbocycles. The predicted octanol–water partition coefficient (Wildman–Crippen LogP) is 0.204. The molecule has 2 rings (SSSR count). The van der Waals surface area contributed by atoms with Crippen molar-refractivity contribution in [2.24, 2.45) is 5.73 Å². The zero-order chi connectivity index (χ0) is 14.5. The zero-order valence-electron chi connectivity index (χ0n) is 11.5. The van der Waals surface area contributed by atoms with Crippen molar-refractivity contribution in [3.8, 4) is 11.5 Å². The molecule has 1 aliphatic heterocycles. The van der Waals surface area contributed by atoms with Gasteiger partial charge in [0.15, 0.2) is 0 Å². The lowest BCUT2D eigenvalue weighted by Gasteiger charge is -2.34. The molecule has 0 bridgehead atoms. The van der Waals surface area contributed by atoms with Gasteiger partial charge in [0, 0.05) is 37.8 Å². The number of amides is 1. The molecule has 20 heavy (non-hydrogen) atoms. The fourth-order valence-corrected chi connectivity index (χ4v) is 2.39. The third-order valence-electron chi connectivity index (χ3n) is 3.49. The molecule has 4 N–H and O–H groups in total. The van der Waals surface area contributed by atoms with Crippen molar-refractivity contribution in [1.29, 1.82) is 0 Å². The minimum absolute atomic E-state index is 0.102. The Morgan fingerprint density at radius 3 is 2.25 bits per heavy atom. The van der Waals surface area contributed by atoms with Crippen LogP contribution < -0.4 is 5.73 Å². The highest BCUT2D eigenvalue weighted by molar-refractivity contribution is 5.95. The van der Waals surface area contributed by atoms with Crippen molar-refractivity contribution in [3.63, 3.8) is 0 Å². The number of carbonyl (C=O) groups is 1. The molecular weight excluding hydrogens is 258 g/mol. The Morgan fingerprint density at radius 1 is 1.10 bits per heavy atom. The lowest BCUT2D eigenvalue weighted by Crippen LogP contribution is -2.49. The first-order valence-corrected chi connectivity index (χ1v) is 6.85. The maximum atomic E-state index is 12.3. The van der Waals surface area contributed by atoms with Crippen molar-refractivity contribution in [2.75, 3.05) is 39.3 Å². The first kappa shape index (κ1) is 14.6. The first-order valence-electron chi connectivity index (χ1n) is 6.85. The molecule has 0 aliphatic carbocycles. The quantitative estimate of drug-likeness (QED) is 0.733. The molecule has 0 radical (unpaired) electrons. The highest BCUT2D eigenvalue weighted by Crippen LogP contribution is 2.21. The van der Waals surface area contributed by atoms with E-state index in [1.165, 1.54) is 18.2 Å². The van der Waals surface area contributed by atoms with E-state index in [2.05, 4.69) is 4.90 Å². The SMILES string of the molecule is NCCCN1CCN(C(=O)c2cc(O)cc(O)c2)CC1. The van der Waals surface area contributed by atoms with Gasteiger partial charge in [0.2, 0.25) is 0 Å². The number of hydrogen-bond donors (Lipinski definition) is 3. The van der Waals surface area contributed by atoms with E-state index in [1.54, 1.807) is 4.90 Å². The molecule has 0 aromatic heterocycles. The van der Waals surface area contributed by atoms with Gasteiger partial charge in [-0.05, 0) is 31.6 Å². The third kappa shape index (κ3) is 3.61.